The highest BCUT2D eigenvalue weighted by molar-refractivity contribution is 5.92. The molecule has 0 unspecified atom stereocenters. The van der Waals surface area contributed by atoms with E-state index in [1.165, 1.54) is 30.5 Å². The van der Waals surface area contributed by atoms with E-state index < -0.39 is 35.1 Å². The van der Waals surface area contributed by atoms with Crippen molar-refractivity contribution in [3.8, 4) is 0 Å². The Morgan fingerprint density at radius 3 is 2.44 bits per heavy atom. The van der Waals surface area contributed by atoms with Gasteiger partial charge in [0, 0.05) is 37.1 Å². The van der Waals surface area contributed by atoms with E-state index in [9.17, 15) is 22.4 Å². The van der Waals surface area contributed by atoms with Gasteiger partial charge in [-0.3, -0.25) is 9.78 Å². The van der Waals surface area contributed by atoms with Gasteiger partial charge in [0.1, 0.15) is 23.3 Å². The number of hydrogen-bond donors (Lipinski definition) is 2. The van der Waals surface area contributed by atoms with Crippen LogP contribution in [0.5, 0.6) is 0 Å². The fourth-order valence-electron chi connectivity index (χ4n) is 4.36. The molecule has 2 aromatic carbocycles. The number of amides is 1. The smallest absolute Gasteiger partial charge is 0.225 e. The molecule has 1 aliphatic heterocycles. The summed E-state index contributed by atoms with van der Waals surface area (Å²) in [6, 6.07) is 8.34. The first-order valence-corrected chi connectivity index (χ1v) is 11.6. The zero-order valence-corrected chi connectivity index (χ0v) is 19.4. The van der Waals surface area contributed by atoms with Crippen LogP contribution in [0.4, 0.5) is 23.2 Å². The molecule has 2 N–H and O–H groups in total. The molecule has 9 heteroatoms. The Labute approximate surface area is 206 Å². The van der Waals surface area contributed by atoms with E-state index in [2.05, 4.69) is 22.5 Å². The predicted octanol–water partition coefficient (Wildman–Crippen LogP) is 4.92. The first-order chi connectivity index (χ1) is 17.3. The Balaban J connectivity index is 1.53. The summed E-state index contributed by atoms with van der Waals surface area (Å²) in [7, 11) is 0. The zero-order chi connectivity index (χ0) is 25.7. The molecule has 1 amide bonds. The van der Waals surface area contributed by atoms with Gasteiger partial charge in [0.15, 0.2) is 0 Å². The molecule has 1 aliphatic rings. The lowest BCUT2D eigenvalue weighted by molar-refractivity contribution is -0.116. The molecule has 4 rings (SSSR count). The van der Waals surface area contributed by atoms with Crippen LogP contribution < -0.4 is 10.6 Å². The highest BCUT2D eigenvalue weighted by atomic mass is 19.1. The zero-order valence-electron chi connectivity index (χ0n) is 19.4. The number of nitrogens with one attached hydrogen (secondary N) is 2. The van der Waals surface area contributed by atoms with Crippen LogP contribution >= 0.6 is 0 Å². The van der Waals surface area contributed by atoms with Crippen molar-refractivity contribution in [3.05, 3.63) is 102 Å². The minimum atomic E-state index is -0.793. The summed E-state index contributed by atoms with van der Waals surface area (Å²) >= 11 is 0. The molecule has 1 radical (unpaired) electrons. The number of pyridine rings is 1. The second-order valence-electron chi connectivity index (χ2n) is 8.78. The van der Waals surface area contributed by atoms with Crippen molar-refractivity contribution in [2.45, 2.75) is 37.4 Å². The molecule has 0 bridgehead atoms. The van der Waals surface area contributed by atoms with E-state index in [1.807, 2.05) is 0 Å². The molecule has 36 heavy (non-hydrogen) atoms. The van der Waals surface area contributed by atoms with E-state index in [0.29, 0.717) is 31.5 Å². The number of hydrogen-bond acceptors (Lipinski definition) is 4. The van der Waals surface area contributed by atoms with Crippen molar-refractivity contribution in [2.24, 2.45) is 0 Å². The van der Waals surface area contributed by atoms with Crippen LogP contribution in [0.2, 0.25) is 0 Å². The van der Waals surface area contributed by atoms with Gasteiger partial charge in [-0.05, 0) is 55.2 Å². The largest absolute Gasteiger partial charge is 0.372 e. The average molecular weight is 501 g/mol. The number of nitrogens with zero attached hydrogens (tertiary/aromatic N) is 1. The van der Waals surface area contributed by atoms with Gasteiger partial charge >= 0.3 is 0 Å². The molecule has 3 aromatic rings. The quantitative estimate of drug-likeness (QED) is 0.431. The lowest BCUT2D eigenvalue weighted by atomic mass is 9.88. The summed E-state index contributed by atoms with van der Waals surface area (Å²) in [4.78, 5) is 16.9. The topological polar surface area (TPSA) is 63.2 Å². The van der Waals surface area contributed by atoms with Crippen LogP contribution in [-0.4, -0.2) is 36.2 Å². The van der Waals surface area contributed by atoms with Crippen LogP contribution in [0, 0.1) is 30.2 Å². The van der Waals surface area contributed by atoms with Crippen molar-refractivity contribution in [1.29, 1.82) is 0 Å². The molecule has 1 fully saturated rings. The van der Waals surface area contributed by atoms with Gasteiger partial charge in [0.25, 0.3) is 0 Å². The number of ether oxygens (including phenoxy) is 1. The monoisotopic (exact) mass is 500 g/mol. The molecule has 2 heterocycles. The fraction of sp³-hybridized carbons (Fsp3) is 0.296. The minimum absolute atomic E-state index is 0.150. The first-order valence-electron chi connectivity index (χ1n) is 11.6. The van der Waals surface area contributed by atoms with Gasteiger partial charge in [-0.25, -0.2) is 17.6 Å². The molecule has 1 saturated heterocycles. The number of rotatable bonds is 8. The number of carbonyl (C=O) groups is 1. The molecule has 1 aromatic heterocycles. The van der Waals surface area contributed by atoms with Crippen LogP contribution in [-0.2, 0) is 16.0 Å². The van der Waals surface area contributed by atoms with E-state index >= 15 is 0 Å². The van der Waals surface area contributed by atoms with Gasteiger partial charge in [0.2, 0.25) is 5.91 Å². The summed E-state index contributed by atoms with van der Waals surface area (Å²) in [6.07, 6.45) is 2.66. The van der Waals surface area contributed by atoms with Crippen molar-refractivity contribution in [3.63, 3.8) is 0 Å². The molecular formula is C27H26F4N3O2. The highest BCUT2D eigenvalue weighted by Crippen LogP contribution is 2.30. The third-order valence-corrected chi connectivity index (χ3v) is 6.07. The predicted molar refractivity (Wildman–Crippen MR) is 127 cm³/mol. The van der Waals surface area contributed by atoms with Gasteiger partial charge in [-0.15, -0.1) is 0 Å². The van der Waals surface area contributed by atoms with Crippen LogP contribution in [0.25, 0.3) is 0 Å². The minimum Gasteiger partial charge on any atom is -0.372 e. The Bertz CT molecular complexity index is 1190. The first kappa shape index (κ1) is 25.8. The number of halogens is 4. The fourth-order valence-corrected chi connectivity index (χ4v) is 4.36. The summed E-state index contributed by atoms with van der Waals surface area (Å²) in [5.41, 5.74) is 1.21. The van der Waals surface area contributed by atoms with E-state index in [1.54, 1.807) is 0 Å². The Hall–Kier alpha value is -3.30. The van der Waals surface area contributed by atoms with Crippen molar-refractivity contribution in [1.82, 2.24) is 10.3 Å². The number of aromatic nitrogens is 1. The highest BCUT2D eigenvalue weighted by Gasteiger charge is 2.23. The molecule has 0 aliphatic carbocycles. The molecule has 5 nitrogen and oxygen atoms in total. The summed E-state index contributed by atoms with van der Waals surface area (Å²) in [5, 5.41) is 5.89. The number of benzene rings is 2. The summed E-state index contributed by atoms with van der Waals surface area (Å²) in [5.74, 6) is -3.92. The molecule has 0 saturated carbocycles. The van der Waals surface area contributed by atoms with E-state index in [4.69, 9.17) is 4.74 Å². The van der Waals surface area contributed by atoms with Crippen molar-refractivity contribution < 1.29 is 27.1 Å². The SMILES string of the molecule is [CH2][C@H]1CNC[C@@H](CCc2c(F)cncc2NC(=O)C[C@@H](c2ccc(F)cc2)c2cc(F)cc(F)c2)O1. The van der Waals surface area contributed by atoms with Crippen LogP contribution in [0.3, 0.4) is 0 Å². The van der Waals surface area contributed by atoms with Gasteiger partial charge < -0.3 is 15.4 Å². The maximum absolute atomic E-state index is 14.6. The lowest BCUT2D eigenvalue weighted by Crippen LogP contribution is -2.43. The van der Waals surface area contributed by atoms with E-state index in [-0.39, 0.29) is 35.4 Å². The van der Waals surface area contributed by atoms with Crippen LogP contribution in [0.1, 0.15) is 35.4 Å². The van der Waals surface area contributed by atoms with Gasteiger partial charge in [-0.2, -0.15) is 0 Å². The maximum Gasteiger partial charge on any atom is 0.225 e. The molecule has 189 valence electrons. The number of morpholine rings is 1. The Morgan fingerprint density at radius 1 is 1.03 bits per heavy atom. The second-order valence-corrected chi connectivity index (χ2v) is 8.78. The third kappa shape index (κ3) is 6.67. The molecular weight excluding hydrogens is 474 g/mol. The number of anilines is 1. The van der Waals surface area contributed by atoms with Gasteiger partial charge in [0.05, 0.1) is 30.3 Å². The Morgan fingerprint density at radius 2 is 1.75 bits per heavy atom. The maximum atomic E-state index is 14.6. The average Bonchev–Trinajstić information content (AvgIpc) is 2.82. The normalized spacial score (nSPS) is 18.6. The lowest BCUT2D eigenvalue weighted by Gasteiger charge is -2.28. The molecule has 0 spiro atoms. The van der Waals surface area contributed by atoms with Crippen LogP contribution in [0.15, 0.2) is 54.9 Å². The van der Waals surface area contributed by atoms with Crippen molar-refractivity contribution in [2.75, 3.05) is 18.4 Å². The number of carbonyl (C=O) groups excluding carboxylic acids is 1. The standard InChI is InChI=1S/C27H26F4N3O2/c1-16-12-32-13-22(36-16)6-7-23-25(31)14-33-15-26(23)34-27(35)11-24(17-2-4-19(28)5-3-17)18-8-20(29)10-21(30)9-18/h2-5,8-10,14-16,22,24,32H,1,6-7,11-13H2,(H,34,35)/t16-,22+,24-/m0/s1. The third-order valence-electron chi connectivity index (χ3n) is 6.07. The van der Waals surface area contributed by atoms with E-state index in [0.717, 1.165) is 24.4 Å². The molecule has 3 atom stereocenters. The second kappa shape index (κ2) is 11.6. The van der Waals surface area contributed by atoms with Crippen molar-refractivity contribution >= 4 is 11.6 Å². The Kier molecular flexibility index (Phi) is 8.32. The summed E-state index contributed by atoms with van der Waals surface area (Å²) in [6.45, 7) is 5.14. The summed E-state index contributed by atoms with van der Waals surface area (Å²) < 4.78 is 61.8. The van der Waals surface area contributed by atoms with Gasteiger partial charge in [-0.1, -0.05) is 12.1 Å².